The summed E-state index contributed by atoms with van der Waals surface area (Å²) in [6.45, 7) is 8.53. The summed E-state index contributed by atoms with van der Waals surface area (Å²) < 4.78 is 18.1. The van der Waals surface area contributed by atoms with Crippen LogP contribution in [0.5, 0.6) is 0 Å². The summed E-state index contributed by atoms with van der Waals surface area (Å²) >= 11 is 0. The molecule has 0 spiro atoms. The van der Waals surface area contributed by atoms with Crippen LogP contribution in [0.1, 0.15) is 137 Å². The van der Waals surface area contributed by atoms with Gasteiger partial charge in [0, 0.05) is 5.57 Å². The SMILES string of the molecule is CCCCCCCC[C@@H](O)[C@H]1CC[C@H]([C@H]2CC[C@H]([C@H](O)C/C=C/CCC[C@H](CC3=C[C@H](C)OC3=O)CC(C)(C)[Si](O)(c3ccccc3)c3ccccc3)O2)O1. The van der Waals surface area contributed by atoms with Gasteiger partial charge in [-0.05, 0) is 105 Å². The standard InChI is InChI=1S/C47H70O7Si/c1-5-6-7-8-9-19-26-40(48)42-28-30-44(53-42)45-31-29-43(54-45)41(49)27-20-11-10-14-21-36(33-37-32-35(2)52-46(37)50)34-47(3,4)55(51,38-22-15-12-16-23-38)39-24-17-13-18-25-39/h11-13,15-18,20,22-25,32,35-36,40-45,48-49,51H,5-10,14,19,21,26-31,33-34H2,1-4H3/b20-11+/t35-,36+,40+,41+,42+,43+,44+,45+/m0/s1. The molecule has 0 bridgehead atoms. The van der Waals surface area contributed by atoms with E-state index in [2.05, 4.69) is 57.2 Å². The molecule has 3 N–H and O–H groups in total. The van der Waals surface area contributed by atoms with Crippen LogP contribution in [0.2, 0.25) is 5.04 Å². The third kappa shape index (κ3) is 12.0. The summed E-state index contributed by atoms with van der Waals surface area (Å²) in [4.78, 5) is 25.5. The molecule has 2 fully saturated rings. The Labute approximate surface area is 332 Å². The fraction of sp³-hybridized carbons (Fsp3) is 0.638. The Bertz CT molecular complexity index is 1450. The zero-order chi connectivity index (χ0) is 39.3. The summed E-state index contributed by atoms with van der Waals surface area (Å²) in [6.07, 6.45) is 21.0. The van der Waals surface area contributed by atoms with Crippen LogP contribution >= 0.6 is 0 Å². The highest BCUT2D eigenvalue weighted by Gasteiger charge is 2.50. The molecule has 3 aliphatic heterocycles. The van der Waals surface area contributed by atoms with E-state index in [0.717, 1.165) is 80.2 Å². The van der Waals surface area contributed by atoms with Crippen LogP contribution in [0.15, 0.2) is 84.5 Å². The van der Waals surface area contributed by atoms with E-state index in [1.807, 2.05) is 49.4 Å². The number of allylic oxidation sites excluding steroid dienone is 1. The molecule has 0 radical (unpaired) electrons. The smallest absolute Gasteiger partial charge is 0.334 e. The van der Waals surface area contributed by atoms with E-state index >= 15 is 0 Å². The van der Waals surface area contributed by atoms with Gasteiger partial charge in [-0.25, -0.2) is 4.79 Å². The van der Waals surface area contributed by atoms with E-state index in [9.17, 15) is 19.8 Å². The van der Waals surface area contributed by atoms with Crippen LogP contribution in [-0.4, -0.2) is 72.0 Å². The third-order valence-electron chi connectivity index (χ3n) is 12.5. The highest BCUT2D eigenvalue weighted by Crippen LogP contribution is 2.44. The van der Waals surface area contributed by atoms with Gasteiger partial charge in [0.05, 0.1) is 36.6 Å². The molecule has 0 saturated carbocycles. The van der Waals surface area contributed by atoms with E-state index < -0.39 is 25.6 Å². The molecule has 2 aromatic carbocycles. The number of aliphatic hydroxyl groups excluding tert-OH is 2. The third-order valence-corrected chi connectivity index (χ3v) is 17.0. The molecule has 8 heteroatoms. The van der Waals surface area contributed by atoms with Crippen LogP contribution in [0.25, 0.3) is 0 Å². The first kappa shape index (κ1) is 43.5. The van der Waals surface area contributed by atoms with Crippen molar-refractivity contribution in [3.8, 4) is 0 Å². The first-order valence-corrected chi connectivity index (χ1v) is 23.5. The van der Waals surface area contributed by atoms with Crippen molar-refractivity contribution in [3.05, 3.63) is 84.5 Å². The quantitative estimate of drug-likeness (QED) is 0.0451. The Morgan fingerprint density at radius 1 is 0.782 bits per heavy atom. The molecule has 5 rings (SSSR count). The van der Waals surface area contributed by atoms with Crippen LogP contribution < -0.4 is 10.4 Å². The number of aliphatic hydroxyl groups is 2. The van der Waals surface area contributed by atoms with Crippen molar-refractivity contribution in [2.45, 2.75) is 185 Å². The minimum absolute atomic E-state index is 0.000946. The van der Waals surface area contributed by atoms with Crippen LogP contribution in [0, 0.1) is 5.92 Å². The van der Waals surface area contributed by atoms with Crippen molar-refractivity contribution < 1.29 is 34.0 Å². The number of benzene rings is 2. The molecule has 0 amide bonds. The first-order valence-electron chi connectivity index (χ1n) is 21.6. The number of esters is 1. The topological polar surface area (TPSA) is 105 Å². The van der Waals surface area contributed by atoms with Gasteiger partial charge in [0.1, 0.15) is 6.10 Å². The molecule has 8 atom stereocenters. The second kappa shape index (κ2) is 21.2. The van der Waals surface area contributed by atoms with Crippen LogP contribution in [0.4, 0.5) is 0 Å². The predicted octanol–water partition coefficient (Wildman–Crippen LogP) is 8.47. The van der Waals surface area contributed by atoms with Crippen molar-refractivity contribution in [2.24, 2.45) is 5.92 Å². The van der Waals surface area contributed by atoms with Crippen molar-refractivity contribution in [2.75, 3.05) is 0 Å². The Balaban J connectivity index is 1.10. The second-order valence-electron chi connectivity index (χ2n) is 17.3. The van der Waals surface area contributed by atoms with Crippen molar-refractivity contribution in [1.29, 1.82) is 0 Å². The van der Waals surface area contributed by atoms with Gasteiger partial charge in [-0.1, -0.05) is 132 Å². The highest BCUT2D eigenvalue weighted by atomic mass is 28.4. The monoisotopic (exact) mass is 774 g/mol. The average molecular weight is 775 g/mol. The molecule has 0 unspecified atom stereocenters. The van der Waals surface area contributed by atoms with Crippen molar-refractivity contribution >= 4 is 24.7 Å². The van der Waals surface area contributed by atoms with Gasteiger partial charge >= 0.3 is 5.97 Å². The van der Waals surface area contributed by atoms with Crippen LogP contribution in [0.3, 0.4) is 0 Å². The van der Waals surface area contributed by atoms with Gasteiger partial charge < -0.3 is 29.2 Å². The van der Waals surface area contributed by atoms with Crippen LogP contribution in [-0.2, 0) is 19.0 Å². The number of unbranched alkanes of at least 4 members (excludes halogenated alkanes) is 6. The molecular formula is C47H70O7Si. The van der Waals surface area contributed by atoms with Gasteiger partial charge in [0.15, 0.2) is 0 Å². The van der Waals surface area contributed by atoms with Gasteiger partial charge in [-0.15, -0.1) is 0 Å². The Hall–Kier alpha value is -2.59. The highest BCUT2D eigenvalue weighted by molar-refractivity contribution is 6.98. The van der Waals surface area contributed by atoms with E-state index in [-0.39, 0.29) is 42.4 Å². The molecule has 2 aromatic rings. The molecule has 55 heavy (non-hydrogen) atoms. The lowest BCUT2D eigenvalue weighted by Crippen LogP contribution is -2.65. The lowest BCUT2D eigenvalue weighted by molar-refractivity contribution is -0.139. The molecule has 2 saturated heterocycles. The molecule has 304 valence electrons. The number of carbonyl (C=O) groups excluding carboxylic acids is 1. The Morgan fingerprint density at radius 2 is 1.36 bits per heavy atom. The molecule has 0 aromatic heterocycles. The number of rotatable bonds is 23. The minimum atomic E-state index is -3.21. The first-order chi connectivity index (χ1) is 26.5. The van der Waals surface area contributed by atoms with E-state index in [4.69, 9.17) is 14.2 Å². The zero-order valence-electron chi connectivity index (χ0n) is 34.1. The van der Waals surface area contributed by atoms with E-state index in [1.165, 1.54) is 32.1 Å². The van der Waals surface area contributed by atoms with Gasteiger partial charge in [0.2, 0.25) is 0 Å². The molecule has 3 aliphatic rings. The zero-order valence-corrected chi connectivity index (χ0v) is 35.1. The molecule has 3 heterocycles. The fourth-order valence-corrected chi connectivity index (χ4v) is 13.2. The number of cyclic esters (lactones) is 1. The van der Waals surface area contributed by atoms with Gasteiger partial charge in [0.25, 0.3) is 8.32 Å². The summed E-state index contributed by atoms with van der Waals surface area (Å²) in [6, 6.07) is 20.3. The summed E-state index contributed by atoms with van der Waals surface area (Å²) in [5, 5.41) is 23.4. The minimum Gasteiger partial charge on any atom is -0.455 e. The molecule has 0 aliphatic carbocycles. The van der Waals surface area contributed by atoms with E-state index in [0.29, 0.717) is 12.8 Å². The second-order valence-corrected chi connectivity index (χ2v) is 21.2. The predicted molar refractivity (Wildman–Crippen MR) is 224 cm³/mol. The molecular weight excluding hydrogens is 705 g/mol. The maximum absolute atomic E-state index is 12.8. The lowest BCUT2D eigenvalue weighted by Gasteiger charge is -2.43. The number of hydrogen-bond acceptors (Lipinski definition) is 7. The normalized spacial score (nSPS) is 25.0. The lowest BCUT2D eigenvalue weighted by atomic mass is 9.86. The Morgan fingerprint density at radius 3 is 1.95 bits per heavy atom. The number of hydrogen-bond donors (Lipinski definition) is 3. The maximum atomic E-state index is 12.8. The summed E-state index contributed by atoms with van der Waals surface area (Å²) in [5.41, 5.74) is 0.745. The average Bonchev–Trinajstić information content (AvgIpc) is 3.95. The maximum Gasteiger partial charge on any atom is 0.334 e. The summed E-state index contributed by atoms with van der Waals surface area (Å²) in [5.74, 6) is -0.0398. The van der Waals surface area contributed by atoms with Crippen molar-refractivity contribution in [3.63, 3.8) is 0 Å². The number of carbonyl (C=O) groups is 1. The Kier molecular flexibility index (Phi) is 16.8. The molecule has 7 nitrogen and oxygen atoms in total. The van der Waals surface area contributed by atoms with E-state index in [1.54, 1.807) is 0 Å². The largest absolute Gasteiger partial charge is 0.455 e. The van der Waals surface area contributed by atoms with Gasteiger partial charge in [-0.3, -0.25) is 0 Å². The fourth-order valence-electron chi connectivity index (χ4n) is 9.39. The number of ether oxygens (including phenoxy) is 3. The summed E-state index contributed by atoms with van der Waals surface area (Å²) in [7, 11) is -3.21. The van der Waals surface area contributed by atoms with Crippen molar-refractivity contribution in [1.82, 2.24) is 0 Å². The van der Waals surface area contributed by atoms with Gasteiger partial charge in [-0.2, -0.15) is 0 Å².